The maximum atomic E-state index is 12.6. The van der Waals surface area contributed by atoms with Crippen LogP contribution < -0.4 is 10.6 Å². The second-order valence-electron chi connectivity index (χ2n) is 6.63. The van der Waals surface area contributed by atoms with Crippen molar-refractivity contribution in [2.45, 2.75) is 27.7 Å². The predicted molar refractivity (Wildman–Crippen MR) is 104 cm³/mol. The van der Waals surface area contributed by atoms with E-state index in [0.29, 0.717) is 22.0 Å². The van der Waals surface area contributed by atoms with E-state index in [4.69, 9.17) is 11.6 Å². The monoisotopic (exact) mass is 372 g/mol. The Morgan fingerprint density at radius 2 is 1.50 bits per heavy atom. The quantitative estimate of drug-likeness (QED) is 0.601. The van der Waals surface area contributed by atoms with Gasteiger partial charge in [-0.05, 0) is 75.7 Å². The van der Waals surface area contributed by atoms with Crippen LogP contribution in [0.2, 0.25) is 5.02 Å². The number of rotatable bonds is 5. The van der Waals surface area contributed by atoms with Crippen LogP contribution in [0.25, 0.3) is 0 Å². The Morgan fingerprint density at radius 3 is 2.04 bits per heavy atom. The molecule has 5 nitrogen and oxygen atoms in total. The minimum atomic E-state index is -1.30. The van der Waals surface area contributed by atoms with E-state index in [-0.39, 0.29) is 5.78 Å². The summed E-state index contributed by atoms with van der Waals surface area (Å²) in [5.74, 6) is -0.932. The van der Waals surface area contributed by atoms with E-state index in [1.165, 1.54) is 6.92 Å². The number of nitrogens with one attached hydrogen (secondary N) is 2. The largest absolute Gasteiger partial charge is 0.325 e. The first-order valence-corrected chi connectivity index (χ1v) is 8.49. The van der Waals surface area contributed by atoms with Gasteiger partial charge in [0.2, 0.25) is 11.8 Å². The molecule has 0 spiro atoms. The third kappa shape index (κ3) is 4.49. The normalized spacial score (nSPS) is 11.0. The highest BCUT2D eigenvalue weighted by atomic mass is 35.5. The van der Waals surface area contributed by atoms with Gasteiger partial charge in [-0.2, -0.15) is 0 Å². The lowest BCUT2D eigenvalue weighted by Gasteiger charge is -2.23. The molecule has 0 bridgehead atoms. The molecule has 0 aliphatic rings. The fourth-order valence-corrected chi connectivity index (χ4v) is 2.45. The Bertz CT molecular complexity index is 858. The van der Waals surface area contributed by atoms with Crippen LogP contribution in [-0.4, -0.2) is 17.6 Å². The third-order valence-corrected chi connectivity index (χ3v) is 4.36. The van der Waals surface area contributed by atoms with Crippen LogP contribution in [0, 0.1) is 12.3 Å². The Labute approximate surface area is 157 Å². The molecule has 2 amide bonds. The minimum absolute atomic E-state index is 0.0547. The van der Waals surface area contributed by atoms with E-state index in [0.717, 1.165) is 5.56 Å². The molecule has 2 rings (SSSR count). The molecule has 0 saturated carbocycles. The Morgan fingerprint density at radius 1 is 0.923 bits per heavy atom. The molecule has 2 aromatic rings. The van der Waals surface area contributed by atoms with Gasteiger partial charge in [-0.15, -0.1) is 0 Å². The molecular formula is C20H21ClN2O3. The van der Waals surface area contributed by atoms with Crippen molar-refractivity contribution in [2.24, 2.45) is 5.41 Å². The lowest BCUT2D eigenvalue weighted by molar-refractivity contribution is -0.135. The number of aryl methyl sites for hydroxylation is 1. The molecule has 0 heterocycles. The number of Topliss-reactive ketones (excluding diaryl/α,β-unsaturated/α-hetero) is 1. The molecule has 0 saturated heterocycles. The summed E-state index contributed by atoms with van der Waals surface area (Å²) in [7, 11) is 0. The lowest BCUT2D eigenvalue weighted by Crippen LogP contribution is -2.41. The Balaban J connectivity index is 2.10. The number of hydrogen-bond donors (Lipinski definition) is 2. The molecule has 2 aromatic carbocycles. The van der Waals surface area contributed by atoms with Crippen molar-refractivity contribution in [3.8, 4) is 0 Å². The molecule has 0 radical (unpaired) electrons. The fourth-order valence-electron chi connectivity index (χ4n) is 2.22. The van der Waals surface area contributed by atoms with E-state index < -0.39 is 17.2 Å². The second-order valence-corrected chi connectivity index (χ2v) is 7.06. The van der Waals surface area contributed by atoms with Gasteiger partial charge >= 0.3 is 0 Å². The van der Waals surface area contributed by atoms with Gasteiger partial charge in [0.15, 0.2) is 5.78 Å². The molecule has 0 unspecified atom stereocenters. The van der Waals surface area contributed by atoms with Gasteiger partial charge in [-0.3, -0.25) is 14.4 Å². The Kier molecular flexibility index (Phi) is 5.83. The average molecular weight is 373 g/mol. The molecule has 6 heteroatoms. The zero-order valence-corrected chi connectivity index (χ0v) is 15.9. The van der Waals surface area contributed by atoms with Crippen LogP contribution in [0.1, 0.15) is 36.7 Å². The molecule has 0 atom stereocenters. The van der Waals surface area contributed by atoms with Gasteiger partial charge in [0, 0.05) is 22.0 Å². The zero-order chi connectivity index (χ0) is 19.5. The van der Waals surface area contributed by atoms with Crippen molar-refractivity contribution < 1.29 is 14.4 Å². The SMILES string of the molecule is CC(=O)c1ccc(NC(=O)C(C)(C)C(=O)Nc2ccc(Cl)cc2C)cc1. The standard InChI is InChI=1S/C20H21ClN2O3/c1-12-11-15(21)7-10-17(12)23-19(26)20(3,4)18(25)22-16-8-5-14(6-9-16)13(2)24/h5-11H,1-4H3,(H,22,25)(H,23,26). The first-order chi connectivity index (χ1) is 12.1. The highest BCUT2D eigenvalue weighted by molar-refractivity contribution is 6.30. The van der Waals surface area contributed by atoms with Crippen LogP contribution >= 0.6 is 11.6 Å². The smallest absolute Gasteiger partial charge is 0.239 e. The molecule has 0 aromatic heterocycles. The van der Waals surface area contributed by atoms with Crippen molar-refractivity contribution in [1.29, 1.82) is 0 Å². The maximum Gasteiger partial charge on any atom is 0.239 e. The summed E-state index contributed by atoms with van der Waals surface area (Å²) in [5.41, 5.74) is 1.18. The zero-order valence-electron chi connectivity index (χ0n) is 15.1. The summed E-state index contributed by atoms with van der Waals surface area (Å²) >= 11 is 5.92. The molecule has 0 aliphatic carbocycles. The number of hydrogen-bond acceptors (Lipinski definition) is 3. The number of amides is 2. The third-order valence-electron chi connectivity index (χ3n) is 4.12. The van der Waals surface area contributed by atoms with Crippen LogP contribution in [0.4, 0.5) is 11.4 Å². The lowest BCUT2D eigenvalue weighted by atomic mass is 9.90. The highest BCUT2D eigenvalue weighted by Gasteiger charge is 2.36. The van der Waals surface area contributed by atoms with E-state index in [9.17, 15) is 14.4 Å². The first kappa shape index (κ1) is 19.7. The molecule has 2 N–H and O–H groups in total. The Hall–Kier alpha value is -2.66. The van der Waals surface area contributed by atoms with E-state index in [2.05, 4.69) is 10.6 Å². The molecule has 136 valence electrons. The predicted octanol–water partition coefficient (Wildman–Crippen LogP) is 4.45. The first-order valence-electron chi connectivity index (χ1n) is 8.11. The van der Waals surface area contributed by atoms with Crippen molar-refractivity contribution in [3.05, 3.63) is 58.6 Å². The maximum absolute atomic E-state index is 12.6. The van der Waals surface area contributed by atoms with Crippen LogP contribution in [-0.2, 0) is 9.59 Å². The summed E-state index contributed by atoms with van der Waals surface area (Å²) < 4.78 is 0. The molecule has 26 heavy (non-hydrogen) atoms. The minimum Gasteiger partial charge on any atom is -0.325 e. The summed E-state index contributed by atoms with van der Waals surface area (Å²) in [6, 6.07) is 11.6. The number of benzene rings is 2. The van der Waals surface area contributed by atoms with Crippen molar-refractivity contribution in [2.75, 3.05) is 10.6 Å². The van der Waals surface area contributed by atoms with Gasteiger partial charge in [0.05, 0.1) is 0 Å². The topological polar surface area (TPSA) is 75.3 Å². The number of anilines is 2. The van der Waals surface area contributed by atoms with Gasteiger partial charge in [0.1, 0.15) is 5.41 Å². The molecule has 0 aliphatic heterocycles. The van der Waals surface area contributed by atoms with Crippen molar-refractivity contribution in [1.82, 2.24) is 0 Å². The second kappa shape index (κ2) is 7.70. The van der Waals surface area contributed by atoms with Crippen LogP contribution in [0.15, 0.2) is 42.5 Å². The van der Waals surface area contributed by atoms with Gasteiger partial charge < -0.3 is 10.6 Å². The number of halogens is 1. The number of ketones is 1. The van der Waals surface area contributed by atoms with Gasteiger partial charge in [-0.1, -0.05) is 11.6 Å². The van der Waals surface area contributed by atoms with Crippen LogP contribution in [0.3, 0.4) is 0 Å². The fraction of sp³-hybridized carbons (Fsp3) is 0.250. The number of carbonyl (C=O) groups excluding carboxylic acids is 3. The summed E-state index contributed by atoms with van der Waals surface area (Å²) in [5, 5.41) is 6.05. The van der Waals surface area contributed by atoms with Crippen LogP contribution in [0.5, 0.6) is 0 Å². The number of carbonyl (C=O) groups is 3. The average Bonchev–Trinajstić information content (AvgIpc) is 2.57. The van der Waals surface area contributed by atoms with E-state index >= 15 is 0 Å². The van der Waals surface area contributed by atoms with Gasteiger partial charge in [0.25, 0.3) is 0 Å². The molecular weight excluding hydrogens is 352 g/mol. The summed E-state index contributed by atoms with van der Waals surface area (Å²) in [6.45, 7) is 6.39. The van der Waals surface area contributed by atoms with Gasteiger partial charge in [-0.25, -0.2) is 0 Å². The summed E-state index contributed by atoms with van der Waals surface area (Å²) in [6.07, 6.45) is 0. The van der Waals surface area contributed by atoms with E-state index in [1.54, 1.807) is 56.3 Å². The van der Waals surface area contributed by atoms with Crippen molar-refractivity contribution in [3.63, 3.8) is 0 Å². The summed E-state index contributed by atoms with van der Waals surface area (Å²) in [4.78, 5) is 36.5. The van der Waals surface area contributed by atoms with E-state index in [1.807, 2.05) is 6.92 Å². The molecule has 0 fully saturated rings. The highest BCUT2D eigenvalue weighted by Crippen LogP contribution is 2.25. The van der Waals surface area contributed by atoms with Crippen molar-refractivity contribution >= 4 is 40.6 Å².